The third-order valence-electron chi connectivity index (χ3n) is 5.94. The van der Waals surface area contributed by atoms with Crippen LogP contribution in [0.3, 0.4) is 0 Å². The fourth-order valence-corrected chi connectivity index (χ4v) is 4.05. The van der Waals surface area contributed by atoms with Crippen LogP contribution in [0.25, 0.3) is 22.6 Å². The largest absolute Gasteiger partial charge is 0.383 e. The minimum atomic E-state index is -0.200. The van der Waals surface area contributed by atoms with Crippen LogP contribution in [0.2, 0.25) is 0 Å². The first-order chi connectivity index (χ1) is 16.2. The molecule has 1 fully saturated rings. The molecule has 1 aliphatic rings. The monoisotopic (exact) mass is 461 g/mol. The molecule has 2 aromatic carbocycles. The summed E-state index contributed by atoms with van der Waals surface area (Å²) in [4.78, 5) is 25.3. The molecular weight excluding hydrogens is 430 g/mol. The number of H-pyrrole nitrogens is 2. The molecule has 9 nitrogen and oxygen atoms in total. The first kappa shape index (κ1) is 23.5. The van der Waals surface area contributed by atoms with Crippen LogP contribution in [0.1, 0.15) is 17.8 Å². The van der Waals surface area contributed by atoms with Crippen molar-refractivity contribution in [3.8, 4) is 11.5 Å². The number of piperazine rings is 1. The van der Waals surface area contributed by atoms with Gasteiger partial charge in [0, 0.05) is 57.2 Å². The van der Waals surface area contributed by atoms with Gasteiger partial charge in [-0.3, -0.25) is 14.8 Å². The molecule has 0 aliphatic carbocycles. The Kier molecular flexibility index (Phi) is 7.24. The third kappa shape index (κ3) is 5.11. The average molecular weight is 462 g/mol. The molecule has 2 aromatic heterocycles. The molecule has 3 N–H and O–H groups in total. The van der Waals surface area contributed by atoms with Crippen molar-refractivity contribution in [2.75, 3.05) is 56.7 Å². The molecule has 4 aromatic rings. The van der Waals surface area contributed by atoms with Crippen molar-refractivity contribution in [1.82, 2.24) is 25.1 Å². The predicted molar refractivity (Wildman–Crippen MR) is 135 cm³/mol. The van der Waals surface area contributed by atoms with Gasteiger partial charge in [0.25, 0.3) is 5.91 Å². The highest BCUT2D eigenvalue weighted by molar-refractivity contribution is 6.04. The number of carbonyl (C=O) groups excluding carboxylic acids is 1. The highest BCUT2D eigenvalue weighted by Gasteiger charge is 2.17. The lowest BCUT2D eigenvalue weighted by molar-refractivity contribution is 0.102. The average Bonchev–Trinajstić information content (AvgIpc) is 3.50. The third-order valence-corrected chi connectivity index (χ3v) is 5.94. The van der Waals surface area contributed by atoms with Crippen molar-refractivity contribution in [2.45, 2.75) is 7.43 Å². The van der Waals surface area contributed by atoms with E-state index in [9.17, 15) is 4.79 Å². The Morgan fingerprint density at radius 1 is 1.09 bits per heavy atom. The number of methoxy groups -OCH3 is 1. The molecule has 0 atom stereocenters. The van der Waals surface area contributed by atoms with Crippen LogP contribution >= 0.6 is 0 Å². The van der Waals surface area contributed by atoms with Gasteiger partial charge < -0.3 is 19.9 Å². The summed E-state index contributed by atoms with van der Waals surface area (Å²) in [6, 6.07) is 17.3. The Morgan fingerprint density at radius 2 is 1.85 bits per heavy atom. The first-order valence-electron chi connectivity index (χ1n) is 11.1. The van der Waals surface area contributed by atoms with Gasteiger partial charge in [0.1, 0.15) is 5.69 Å². The van der Waals surface area contributed by atoms with E-state index in [1.54, 1.807) is 13.2 Å². The first-order valence-corrected chi connectivity index (χ1v) is 11.1. The highest BCUT2D eigenvalue weighted by Crippen LogP contribution is 2.22. The Labute approximate surface area is 199 Å². The molecule has 0 saturated carbocycles. The Balaban J connectivity index is 0.00000274. The van der Waals surface area contributed by atoms with E-state index in [1.165, 1.54) is 0 Å². The molecule has 34 heavy (non-hydrogen) atoms. The zero-order valence-corrected chi connectivity index (χ0v) is 18.5. The van der Waals surface area contributed by atoms with E-state index in [0.29, 0.717) is 22.9 Å². The lowest BCUT2D eigenvalue weighted by Crippen LogP contribution is -2.47. The standard InChI is InChI=1S/C24H27N7O2.CH4/c1-33-15-14-30-10-12-31(13-11-30)18-8-6-17(7-9-18)24(32)27-22-16-21(28-29-22)23-25-19-4-2-3-5-20(19)26-23;/h2-9,16H,10-15H2,1H3,(H,25,26)(H2,27,28,29,32);1H4. The Hall–Kier alpha value is -3.69. The highest BCUT2D eigenvalue weighted by atomic mass is 16.5. The summed E-state index contributed by atoms with van der Waals surface area (Å²) in [5.41, 5.74) is 4.26. The number of aromatic amines is 2. The summed E-state index contributed by atoms with van der Waals surface area (Å²) in [6.45, 7) is 5.69. The van der Waals surface area contributed by atoms with Crippen molar-refractivity contribution in [2.24, 2.45) is 0 Å². The smallest absolute Gasteiger partial charge is 0.256 e. The van der Waals surface area contributed by atoms with Crippen molar-refractivity contribution in [3.63, 3.8) is 0 Å². The fourth-order valence-electron chi connectivity index (χ4n) is 4.05. The normalized spacial score (nSPS) is 14.2. The summed E-state index contributed by atoms with van der Waals surface area (Å²) in [6.07, 6.45) is 0. The fraction of sp³-hybridized carbons (Fsp3) is 0.320. The second-order valence-electron chi connectivity index (χ2n) is 8.09. The number of para-hydroxylation sites is 2. The number of anilines is 2. The number of benzene rings is 2. The quantitative estimate of drug-likeness (QED) is 0.389. The second kappa shape index (κ2) is 10.5. The lowest BCUT2D eigenvalue weighted by Gasteiger charge is -2.36. The van der Waals surface area contributed by atoms with Gasteiger partial charge in [-0.1, -0.05) is 19.6 Å². The van der Waals surface area contributed by atoms with Gasteiger partial charge in [-0.05, 0) is 36.4 Å². The zero-order chi connectivity index (χ0) is 22.6. The number of fused-ring (bicyclic) bond motifs is 1. The number of rotatable bonds is 7. The van der Waals surface area contributed by atoms with Gasteiger partial charge in [0.05, 0.1) is 17.6 Å². The molecular formula is C25H31N7O2. The van der Waals surface area contributed by atoms with Gasteiger partial charge in [0.2, 0.25) is 0 Å². The van der Waals surface area contributed by atoms with E-state index >= 15 is 0 Å². The molecule has 1 amide bonds. The number of hydrogen-bond acceptors (Lipinski definition) is 6. The topological polar surface area (TPSA) is 102 Å². The van der Waals surface area contributed by atoms with E-state index in [-0.39, 0.29) is 13.3 Å². The molecule has 0 bridgehead atoms. The number of nitrogens with one attached hydrogen (secondary N) is 3. The maximum Gasteiger partial charge on any atom is 0.256 e. The minimum Gasteiger partial charge on any atom is -0.383 e. The molecule has 0 radical (unpaired) electrons. The summed E-state index contributed by atoms with van der Waals surface area (Å²) < 4.78 is 5.17. The van der Waals surface area contributed by atoms with Gasteiger partial charge >= 0.3 is 0 Å². The van der Waals surface area contributed by atoms with Crippen LogP contribution < -0.4 is 10.2 Å². The van der Waals surface area contributed by atoms with E-state index in [1.807, 2.05) is 48.5 Å². The van der Waals surface area contributed by atoms with E-state index in [0.717, 1.165) is 56.1 Å². The number of hydrogen-bond donors (Lipinski definition) is 3. The molecule has 5 rings (SSSR count). The number of carbonyl (C=O) groups is 1. The summed E-state index contributed by atoms with van der Waals surface area (Å²) in [5, 5.41) is 9.99. The van der Waals surface area contributed by atoms with E-state index < -0.39 is 0 Å². The molecule has 9 heteroatoms. The molecule has 178 valence electrons. The molecule has 0 unspecified atom stereocenters. The molecule has 0 spiro atoms. The van der Waals surface area contributed by atoms with Crippen molar-refractivity contribution in [1.29, 1.82) is 0 Å². The van der Waals surface area contributed by atoms with Crippen LogP contribution in [0.4, 0.5) is 11.5 Å². The Morgan fingerprint density at radius 3 is 2.59 bits per heavy atom. The minimum absolute atomic E-state index is 0. The van der Waals surface area contributed by atoms with Crippen LogP contribution in [0.5, 0.6) is 0 Å². The number of imidazole rings is 1. The molecule has 1 saturated heterocycles. The maximum atomic E-state index is 12.7. The Bertz CT molecular complexity index is 1190. The number of amides is 1. The van der Waals surface area contributed by atoms with E-state index in [4.69, 9.17) is 4.74 Å². The van der Waals surface area contributed by atoms with Gasteiger partial charge in [-0.15, -0.1) is 0 Å². The molecule has 1 aliphatic heterocycles. The van der Waals surface area contributed by atoms with Crippen molar-refractivity contribution < 1.29 is 9.53 Å². The maximum absolute atomic E-state index is 12.7. The number of nitrogens with zero attached hydrogens (tertiary/aromatic N) is 4. The SMILES string of the molecule is C.COCCN1CCN(c2ccc(C(=O)Nc3cc(-c4nc5ccccc5[nH]4)[nH]n3)cc2)CC1. The second-order valence-corrected chi connectivity index (χ2v) is 8.09. The van der Waals surface area contributed by atoms with Crippen LogP contribution in [0.15, 0.2) is 54.6 Å². The van der Waals surface area contributed by atoms with Gasteiger partial charge in [-0.2, -0.15) is 5.10 Å². The summed E-state index contributed by atoms with van der Waals surface area (Å²) in [5.74, 6) is 0.927. The van der Waals surface area contributed by atoms with Gasteiger partial charge in [-0.25, -0.2) is 4.98 Å². The predicted octanol–water partition coefficient (Wildman–Crippen LogP) is 3.61. The zero-order valence-electron chi connectivity index (χ0n) is 18.5. The van der Waals surface area contributed by atoms with E-state index in [2.05, 4.69) is 35.3 Å². The lowest BCUT2D eigenvalue weighted by atomic mass is 10.1. The van der Waals surface area contributed by atoms with Crippen LogP contribution in [-0.2, 0) is 4.74 Å². The van der Waals surface area contributed by atoms with Crippen molar-refractivity contribution >= 4 is 28.4 Å². The summed E-state index contributed by atoms with van der Waals surface area (Å²) >= 11 is 0. The van der Waals surface area contributed by atoms with Crippen molar-refractivity contribution in [3.05, 3.63) is 60.2 Å². The van der Waals surface area contributed by atoms with Gasteiger partial charge in [0.15, 0.2) is 11.6 Å². The summed E-state index contributed by atoms with van der Waals surface area (Å²) in [7, 11) is 1.74. The van der Waals surface area contributed by atoms with Crippen LogP contribution in [0, 0.1) is 0 Å². The number of ether oxygens (including phenoxy) is 1. The van der Waals surface area contributed by atoms with Crippen LogP contribution in [-0.4, -0.2) is 77.4 Å². The molecule has 3 heterocycles. The number of aromatic nitrogens is 4.